The Morgan fingerprint density at radius 3 is 2.42 bits per heavy atom. The molecule has 0 aromatic heterocycles. The van der Waals surface area contributed by atoms with Crippen LogP contribution in [0.2, 0.25) is 5.02 Å². The van der Waals surface area contributed by atoms with E-state index in [1.54, 1.807) is 24.3 Å². The molecule has 0 spiro atoms. The van der Waals surface area contributed by atoms with Crippen LogP contribution in [0.25, 0.3) is 0 Å². The highest BCUT2D eigenvalue weighted by Gasteiger charge is 2.17. The number of hydrogen-bond acceptors (Lipinski definition) is 5. The zero-order chi connectivity index (χ0) is 17.9. The lowest BCUT2D eigenvalue weighted by molar-refractivity contribution is -0.152. The molecule has 0 bridgehead atoms. The minimum absolute atomic E-state index is 0.126. The Morgan fingerprint density at radius 2 is 1.83 bits per heavy atom. The van der Waals surface area contributed by atoms with Crippen LogP contribution in [0.15, 0.2) is 24.3 Å². The fourth-order valence-corrected chi connectivity index (χ4v) is 2.02. The first-order valence-electron chi connectivity index (χ1n) is 7.48. The summed E-state index contributed by atoms with van der Waals surface area (Å²) >= 11 is 5.82. The van der Waals surface area contributed by atoms with Crippen LogP contribution in [0.4, 0.5) is 4.79 Å². The molecule has 0 aliphatic rings. The number of aliphatic carboxylic acids is 1. The van der Waals surface area contributed by atoms with Gasteiger partial charge in [-0.3, -0.25) is 9.59 Å². The average molecular weight is 358 g/mol. The maximum Gasteiger partial charge on any atom is 0.410 e. The van der Waals surface area contributed by atoms with E-state index in [4.69, 9.17) is 26.2 Å². The summed E-state index contributed by atoms with van der Waals surface area (Å²) in [7, 11) is 0. The predicted octanol–water partition coefficient (Wildman–Crippen LogP) is 3.27. The standard InChI is InChI=1S/C16H20ClNO6/c1-2-3-15(21)23-10-24-16(22)18-13(8-9-14(19)20)11-4-6-12(17)7-5-11/h4-7,13H,2-3,8-10H2,1H3,(H,18,22)(H,19,20). The molecule has 0 saturated carbocycles. The molecule has 0 aliphatic heterocycles. The van der Waals surface area contributed by atoms with Crippen LogP contribution in [0.1, 0.15) is 44.2 Å². The monoisotopic (exact) mass is 357 g/mol. The van der Waals surface area contributed by atoms with E-state index in [1.807, 2.05) is 6.92 Å². The van der Waals surface area contributed by atoms with Crippen molar-refractivity contribution in [1.29, 1.82) is 0 Å². The van der Waals surface area contributed by atoms with Crippen molar-refractivity contribution < 1.29 is 29.0 Å². The lowest BCUT2D eigenvalue weighted by Crippen LogP contribution is -2.30. The SMILES string of the molecule is CCCC(=O)OCOC(=O)NC(CCC(=O)O)c1ccc(Cl)cc1. The molecule has 1 atom stereocenters. The average Bonchev–Trinajstić information content (AvgIpc) is 2.52. The van der Waals surface area contributed by atoms with Crippen molar-refractivity contribution in [2.75, 3.05) is 6.79 Å². The second kappa shape index (κ2) is 10.5. The van der Waals surface area contributed by atoms with Gasteiger partial charge in [-0.1, -0.05) is 30.7 Å². The van der Waals surface area contributed by atoms with Crippen molar-refractivity contribution in [3.63, 3.8) is 0 Å². The van der Waals surface area contributed by atoms with E-state index in [-0.39, 0.29) is 19.3 Å². The molecule has 0 fully saturated rings. The topological polar surface area (TPSA) is 102 Å². The number of carboxylic acids is 1. The van der Waals surface area contributed by atoms with Crippen LogP contribution < -0.4 is 5.32 Å². The van der Waals surface area contributed by atoms with Crippen LogP contribution in [0.5, 0.6) is 0 Å². The lowest BCUT2D eigenvalue weighted by atomic mass is 10.0. The van der Waals surface area contributed by atoms with E-state index >= 15 is 0 Å². The molecule has 7 nitrogen and oxygen atoms in total. The van der Waals surface area contributed by atoms with Crippen molar-refractivity contribution in [3.05, 3.63) is 34.9 Å². The maximum absolute atomic E-state index is 11.8. The smallest absolute Gasteiger partial charge is 0.410 e. The van der Waals surface area contributed by atoms with Gasteiger partial charge in [-0.2, -0.15) is 0 Å². The van der Waals surface area contributed by atoms with Crippen molar-refractivity contribution in [1.82, 2.24) is 5.32 Å². The number of carbonyl (C=O) groups is 3. The van der Waals surface area contributed by atoms with Gasteiger partial charge >= 0.3 is 18.0 Å². The number of hydrogen-bond donors (Lipinski definition) is 2. The molecular formula is C16H20ClNO6. The quantitative estimate of drug-likeness (QED) is 0.519. The van der Waals surface area contributed by atoms with Gasteiger partial charge in [0.1, 0.15) is 0 Å². The molecule has 132 valence electrons. The van der Waals surface area contributed by atoms with Crippen LogP contribution >= 0.6 is 11.6 Å². The molecule has 1 aromatic rings. The fraction of sp³-hybridized carbons (Fsp3) is 0.438. The molecule has 8 heteroatoms. The van der Waals surface area contributed by atoms with Gasteiger partial charge in [0.15, 0.2) is 0 Å². The van der Waals surface area contributed by atoms with Crippen molar-refractivity contribution in [2.45, 2.75) is 38.6 Å². The molecule has 1 unspecified atom stereocenters. The molecule has 0 aliphatic carbocycles. The van der Waals surface area contributed by atoms with E-state index < -0.39 is 30.9 Å². The lowest BCUT2D eigenvalue weighted by Gasteiger charge is -2.18. The number of benzene rings is 1. The third kappa shape index (κ3) is 7.82. The highest BCUT2D eigenvalue weighted by atomic mass is 35.5. The fourth-order valence-electron chi connectivity index (χ4n) is 1.89. The van der Waals surface area contributed by atoms with Gasteiger partial charge in [-0.25, -0.2) is 4.79 Å². The Balaban J connectivity index is 2.57. The van der Waals surface area contributed by atoms with Gasteiger partial charge in [-0.05, 0) is 30.5 Å². The normalized spacial score (nSPS) is 11.4. The molecule has 0 saturated heterocycles. The third-order valence-corrected chi connectivity index (χ3v) is 3.33. The molecule has 1 rings (SSSR count). The van der Waals surface area contributed by atoms with E-state index in [0.29, 0.717) is 17.0 Å². The Hall–Kier alpha value is -2.28. The van der Waals surface area contributed by atoms with E-state index in [2.05, 4.69) is 5.32 Å². The first kappa shape index (κ1) is 19.8. The zero-order valence-corrected chi connectivity index (χ0v) is 14.0. The number of halogens is 1. The summed E-state index contributed by atoms with van der Waals surface area (Å²) in [5, 5.41) is 11.9. The van der Waals surface area contributed by atoms with Crippen LogP contribution in [-0.2, 0) is 19.1 Å². The first-order chi connectivity index (χ1) is 11.4. The maximum atomic E-state index is 11.8. The third-order valence-electron chi connectivity index (χ3n) is 3.08. The van der Waals surface area contributed by atoms with Crippen LogP contribution in [-0.4, -0.2) is 29.9 Å². The Morgan fingerprint density at radius 1 is 1.17 bits per heavy atom. The number of alkyl carbamates (subject to hydrolysis) is 1. The summed E-state index contributed by atoms with van der Waals surface area (Å²) in [5.74, 6) is -1.43. The summed E-state index contributed by atoms with van der Waals surface area (Å²) in [4.78, 5) is 33.7. The second-order valence-electron chi connectivity index (χ2n) is 5.00. The van der Waals surface area contributed by atoms with Gasteiger partial charge in [0.25, 0.3) is 0 Å². The van der Waals surface area contributed by atoms with Crippen molar-refractivity contribution >= 4 is 29.6 Å². The zero-order valence-electron chi connectivity index (χ0n) is 13.3. The van der Waals surface area contributed by atoms with Gasteiger partial charge in [-0.15, -0.1) is 0 Å². The van der Waals surface area contributed by atoms with E-state index in [1.165, 1.54) is 0 Å². The second-order valence-corrected chi connectivity index (χ2v) is 5.43. The molecule has 0 heterocycles. The van der Waals surface area contributed by atoms with Gasteiger partial charge in [0.05, 0.1) is 6.04 Å². The summed E-state index contributed by atoms with van der Waals surface area (Å²) in [5.41, 5.74) is 0.695. The number of amides is 1. The summed E-state index contributed by atoms with van der Waals surface area (Å²) in [6, 6.07) is 6.11. The van der Waals surface area contributed by atoms with Crippen molar-refractivity contribution in [2.24, 2.45) is 0 Å². The van der Waals surface area contributed by atoms with Crippen LogP contribution in [0.3, 0.4) is 0 Å². The summed E-state index contributed by atoms with van der Waals surface area (Å²) < 4.78 is 9.50. The molecule has 2 N–H and O–H groups in total. The molecule has 1 amide bonds. The largest absolute Gasteiger partial charge is 0.481 e. The van der Waals surface area contributed by atoms with E-state index in [9.17, 15) is 14.4 Å². The number of ether oxygens (including phenoxy) is 2. The summed E-state index contributed by atoms with van der Waals surface area (Å²) in [6.07, 6.45) is 0.140. The minimum atomic E-state index is -0.974. The number of carbonyl (C=O) groups excluding carboxylic acids is 2. The Labute approximate surface area is 144 Å². The predicted molar refractivity (Wildman–Crippen MR) is 86.5 cm³/mol. The first-order valence-corrected chi connectivity index (χ1v) is 7.86. The van der Waals surface area contributed by atoms with E-state index in [0.717, 1.165) is 0 Å². The molecule has 24 heavy (non-hydrogen) atoms. The van der Waals surface area contributed by atoms with Crippen LogP contribution in [0, 0.1) is 0 Å². The highest BCUT2D eigenvalue weighted by Crippen LogP contribution is 2.21. The summed E-state index contributed by atoms with van der Waals surface area (Å²) in [6.45, 7) is 1.34. The van der Waals surface area contributed by atoms with Gasteiger partial charge in [0.2, 0.25) is 6.79 Å². The molecule has 1 aromatic carbocycles. The molecular weight excluding hydrogens is 338 g/mol. The number of rotatable bonds is 9. The Kier molecular flexibility index (Phi) is 8.64. The molecule has 0 radical (unpaired) electrons. The number of esters is 1. The number of carboxylic acid groups (broad SMARTS) is 1. The minimum Gasteiger partial charge on any atom is -0.481 e. The number of nitrogens with one attached hydrogen (secondary N) is 1. The van der Waals surface area contributed by atoms with Gasteiger partial charge in [0, 0.05) is 17.9 Å². The van der Waals surface area contributed by atoms with Gasteiger partial charge < -0.3 is 19.9 Å². The van der Waals surface area contributed by atoms with Crippen molar-refractivity contribution in [3.8, 4) is 0 Å². The Bertz CT molecular complexity index is 560. The highest BCUT2D eigenvalue weighted by molar-refractivity contribution is 6.30.